The zero-order chi connectivity index (χ0) is 26.7. The fourth-order valence-electron chi connectivity index (χ4n) is 7.14. The van der Waals surface area contributed by atoms with Crippen LogP contribution in [0.5, 0.6) is 0 Å². The summed E-state index contributed by atoms with van der Waals surface area (Å²) < 4.78 is 4.60. The highest BCUT2D eigenvalue weighted by Crippen LogP contribution is 2.45. The minimum atomic E-state index is 0.896. The Hall–Kier alpha value is -5.55. The Labute approximate surface area is 234 Å². The van der Waals surface area contributed by atoms with Gasteiger partial charge in [0.1, 0.15) is 11.3 Å². The van der Waals surface area contributed by atoms with Crippen molar-refractivity contribution >= 4 is 60.3 Å². The number of aromatic nitrogens is 5. The topological polar surface area (TPSA) is 48.0 Å². The lowest BCUT2D eigenvalue weighted by Crippen LogP contribution is -1.95. The van der Waals surface area contributed by atoms with Gasteiger partial charge in [-0.1, -0.05) is 48.5 Å². The predicted octanol–water partition coefficient (Wildman–Crippen LogP) is 8.25. The van der Waals surface area contributed by atoms with E-state index in [2.05, 4.69) is 98.9 Å². The van der Waals surface area contributed by atoms with Crippen molar-refractivity contribution in [3.63, 3.8) is 0 Å². The molecule has 190 valence electrons. The monoisotopic (exact) mass is 523 g/mol. The molecule has 4 aromatic carbocycles. The van der Waals surface area contributed by atoms with Gasteiger partial charge < -0.3 is 4.57 Å². The van der Waals surface area contributed by atoms with Gasteiger partial charge >= 0.3 is 0 Å². The zero-order valence-electron chi connectivity index (χ0n) is 21.9. The first-order valence-electron chi connectivity index (χ1n) is 13.9. The summed E-state index contributed by atoms with van der Waals surface area (Å²) >= 11 is 0. The number of pyridine rings is 3. The maximum Gasteiger partial charge on any atom is 0.148 e. The molecule has 0 aliphatic heterocycles. The van der Waals surface area contributed by atoms with E-state index in [1.807, 2.05) is 30.7 Å². The van der Waals surface area contributed by atoms with Crippen molar-refractivity contribution in [2.45, 2.75) is 6.42 Å². The normalized spacial score (nSPS) is 12.8. The second-order valence-electron chi connectivity index (χ2n) is 10.9. The molecular weight excluding hydrogens is 502 g/mol. The molecule has 0 radical (unpaired) electrons. The molecule has 0 bridgehead atoms. The third kappa shape index (κ3) is 2.68. The first-order valence-corrected chi connectivity index (χ1v) is 13.9. The van der Waals surface area contributed by atoms with Crippen LogP contribution in [-0.2, 0) is 6.42 Å². The highest BCUT2D eigenvalue weighted by atomic mass is 15.1. The first-order chi connectivity index (χ1) is 20.3. The molecule has 5 nitrogen and oxygen atoms in total. The molecule has 5 heterocycles. The predicted molar refractivity (Wildman–Crippen MR) is 166 cm³/mol. The Bertz CT molecular complexity index is 2550. The smallest absolute Gasteiger partial charge is 0.148 e. The van der Waals surface area contributed by atoms with Crippen molar-refractivity contribution in [1.29, 1.82) is 0 Å². The number of nitrogens with zero attached hydrogens (tertiary/aromatic N) is 5. The van der Waals surface area contributed by atoms with Gasteiger partial charge in [0.25, 0.3) is 0 Å². The number of hydrogen-bond acceptors (Lipinski definition) is 3. The van der Waals surface area contributed by atoms with Crippen LogP contribution in [0.1, 0.15) is 11.1 Å². The quantitative estimate of drug-likeness (QED) is 0.204. The van der Waals surface area contributed by atoms with Crippen LogP contribution < -0.4 is 0 Å². The highest BCUT2D eigenvalue weighted by molar-refractivity contribution is 6.29. The third-order valence-corrected chi connectivity index (χ3v) is 8.83. The zero-order valence-corrected chi connectivity index (χ0v) is 21.9. The molecule has 1 aliphatic carbocycles. The summed E-state index contributed by atoms with van der Waals surface area (Å²) in [5, 5.41) is 5.88. The molecule has 0 unspecified atom stereocenters. The summed E-state index contributed by atoms with van der Waals surface area (Å²) in [6.07, 6.45) is 6.51. The van der Waals surface area contributed by atoms with Crippen LogP contribution in [0.15, 0.2) is 116 Å². The van der Waals surface area contributed by atoms with E-state index in [1.54, 1.807) is 0 Å². The van der Waals surface area contributed by atoms with Gasteiger partial charge in [-0.3, -0.25) is 9.38 Å². The van der Waals surface area contributed by atoms with Crippen LogP contribution in [0, 0.1) is 0 Å². The summed E-state index contributed by atoms with van der Waals surface area (Å²) in [6.45, 7) is 0. The van der Waals surface area contributed by atoms with E-state index in [4.69, 9.17) is 9.97 Å². The lowest BCUT2D eigenvalue weighted by molar-refractivity contribution is 1.18. The van der Waals surface area contributed by atoms with Crippen LogP contribution in [-0.4, -0.2) is 23.9 Å². The molecule has 10 rings (SSSR count). The molecule has 5 heteroatoms. The highest BCUT2D eigenvalue weighted by Gasteiger charge is 2.25. The molecule has 0 saturated carbocycles. The lowest BCUT2D eigenvalue weighted by Gasteiger charge is -2.11. The number of rotatable bonds is 1. The Kier molecular flexibility index (Phi) is 3.92. The Balaban J connectivity index is 1.48. The van der Waals surface area contributed by atoms with Crippen LogP contribution in [0.2, 0.25) is 0 Å². The van der Waals surface area contributed by atoms with Crippen LogP contribution in [0.3, 0.4) is 0 Å². The van der Waals surface area contributed by atoms with Crippen molar-refractivity contribution in [2.24, 2.45) is 0 Å². The SMILES string of the molecule is c1ccc(-n2c3cc4c(cc3c3c5c(ccc32)c2cccnc2n2c3cnccc3nc52)Cc2ccccc2-4)cc1. The van der Waals surface area contributed by atoms with Crippen LogP contribution >= 0.6 is 0 Å². The molecule has 0 N–H and O–H groups in total. The molecule has 9 aromatic rings. The number of fused-ring (bicyclic) bond motifs is 15. The third-order valence-electron chi connectivity index (χ3n) is 8.83. The average Bonchev–Trinajstić information content (AvgIpc) is 3.69. The Morgan fingerprint density at radius 1 is 0.585 bits per heavy atom. The summed E-state index contributed by atoms with van der Waals surface area (Å²) in [6, 6.07) is 35.0. The Morgan fingerprint density at radius 2 is 1.49 bits per heavy atom. The van der Waals surface area contributed by atoms with E-state index in [0.717, 1.165) is 50.6 Å². The van der Waals surface area contributed by atoms with Gasteiger partial charge in [-0.15, -0.1) is 0 Å². The lowest BCUT2D eigenvalue weighted by atomic mass is 9.99. The van der Waals surface area contributed by atoms with Gasteiger partial charge in [-0.2, -0.15) is 0 Å². The molecule has 5 aromatic heterocycles. The molecule has 0 amide bonds. The minimum Gasteiger partial charge on any atom is -0.309 e. The van der Waals surface area contributed by atoms with Crippen molar-refractivity contribution < 1.29 is 0 Å². The van der Waals surface area contributed by atoms with Gasteiger partial charge in [0, 0.05) is 39.6 Å². The second-order valence-corrected chi connectivity index (χ2v) is 10.9. The van der Waals surface area contributed by atoms with E-state index in [1.165, 1.54) is 44.1 Å². The van der Waals surface area contributed by atoms with Crippen LogP contribution in [0.25, 0.3) is 77.1 Å². The van der Waals surface area contributed by atoms with Crippen molar-refractivity contribution in [1.82, 2.24) is 23.9 Å². The van der Waals surface area contributed by atoms with Crippen molar-refractivity contribution in [3.05, 3.63) is 127 Å². The summed E-state index contributed by atoms with van der Waals surface area (Å²) in [5.41, 5.74) is 12.6. The number of hydrogen-bond donors (Lipinski definition) is 0. The van der Waals surface area contributed by atoms with E-state index < -0.39 is 0 Å². The molecule has 1 aliphatic rings. The average molecular weight is 524 g/mol. The van der Waals surface area contributed by atoms with E-state index in [0.29, 0.717) is 0 Å². The number of para-hydroxylation sites is 1. The summed E-state index contributed by atoms with van der Waals surface area (Å²) in [7, 11) is 0. The van der Waals surface area contributed by atoms with Gasteiger partial charge in [0.15, 0.2) is 0 Å². The maximum absolute atomic E-state index is 5.21. The molecule has 0 atom stereocenters. The molecule has 41 heavy (non-hydrogen) atoms. The van der Waals surface area contributed by atoms with Gasteiger partial charge in [-0.05, 0) is 82.6 Å². The van der Waals surface area contributed by atoms with Gasteiger partial charge in [-0.25, -0.2) is 9.97 Å². The number of benzene rings is 4. The van der Waals surface area contributed by atoms with Crippen LogP contribution in [0.4, 0.5) is 0 Å². The molecule has 0 spiro atoms. The molecular formula is C36H21N5. The minimum absolute atomic E-state index is 0.896. The fourth-order valence-corrected chi connectivity index (χ4v) is 7.14. The summed E-state index contributed by atoms with van der Waals surface area (Å²) in [5.74, 6) is 0. The fraction of sp³-hybridized carbons (Fsp3) is 0.0278. The first kappa shape index (κ1) is 21.3. The van der Waals surface area contributed by atoms with Gasteiger partial charge in [0.05, 0.1) is 28.3 Å². The summed E-state index contributed by atoms with van der Waals surface area (Å²) in [4.78, 5) is 14.5. The maximum atomic E-state index is 5.21. The van der Waals surface area contributed by atoms with E-state index in [9.17, 15) is 0 Å². The number of imidazole rings is 1. The molecule has 0 fully saturated rings. The van der Waals surface area contributed by atoms with Gasteiger partial charge in [0.2, 0.25) is 0 Å². The largest absolute Gasteiger partial charge is 0.309 e. The standard InChI is InChI=1S/C36H21N5/c1-2-8-23(9-3-1)40-30-13-12-25-26-11-6-15-38-35(26)41-32-20-37-16-14-29(32)39-36(41)34(25)33(30)28-18-22-17-21-7-4-5-10-24(21)27(22)19-31(28)40/h1-16,18-20H,17H2. The van der Waals surface area contributed by atoms with Crippen molar-refractivity contribution in [3.8, 4) is 16.8 Å². The van der Waals surface area contributed by atoms with Crippen molar-refractivity contribution in [2.75, 3.05) is 0 Å². The Morgan fingerprint density at radius 3 is 2.44 bits per heavy atom. The van der Waals surface area contributed by atoms with E-state index in [-0.39, 0.29) is 0 Å². The van der Waals surface area contributed by atoms with E-state index >= 15 is 0 Å². The molecule has 0 saturated heterocycles. The second kappa shape index (κ2) is 7.55.